The summed E-state index contributed by atoms with van der Waals surface area (Å²) in [5, 5.41) is 1.40. The second-order valence-corrected chi connectivity index (χ2v) is 7.60. The monoisotopic (exact) mass is 331 g/mol. The summed E-state index contributed by atoms with van der Waals surface area (Å²) >= 11 is 0. The molecule has 3 heterocycles. The van der Waals surface area contributed by atoms with Crippen LogP contribution in [-0.2, 0) is 6.42 Å². The van der Waals surface area contributed by atoms with Crippen molar-refractivity contribution in [1.29, 1.82) is 0 Å². The Morgan fingerprint density at radius 1 is 1.04 bits per heavy atom. The Kier molecular flexibility index (Phi) is 3.56. The second kappa shape index (κ2) is 5.92. The number of rotatable bonds is 2. The number of nitrogens with one attached hydrogen (secondary N) is 1. The SMILES string of the molecule is Nc1ccccc1CC1CN2CCCCC2c2[nH]c3ccccc3c21. The molecule has 3 nitrogen and oxygen atoms in total. The first kappa shape index (κ1) is 15.0. The van der Waals surface area contributed by atoms with Crippen LogP contribution in [0.25, 0.3) is 10.9 Å². The minimum atomic E-state index is 0.505. The molecule has 1 fully saturated rings. The van der Waals surface area contributed by atoms with Gasteiger partial charge in [0.05, 0.1) is 6.04 Å². The molecule has 0 aliphatic carbocycles. The first-order valence-corrected chi connectivity index (χ1v) is 9.49. The molecule has 0 saturated carbocycles. The number of fused-ring (bicyclic) bond motifs is 5. The number of hydrogen-bond donors (Lipinski definition) is 2. The molecule has 3 N–H and O–H groups in total. The van der Waals surface area contributed by atoms with Gasteiger partial charge in [-0.05, 0) is 49.1 Å². The fourth-order valence-corrected chi connectivity index (χ4v) is 4.95. The topological polar surface area (TPSA) is 45.0 Å². The molecule has 2 aliphatic heterocycles. The van der Waals surface area contributed by atoms with E-state index in [4.69, 9.17) is 5.73 Å². The van der Waals surface area contributed by atoms with Crippen LogP contribution in [0.15, 0.2) is 48.5 Å². The van der Waals surface area contributed by atoms with Crippen LogP contribution in [0.3, 0.4) is 0 Å². The number of hydrogen-bond acceptors (Lipinski definition) is 2. The Hall–Kier alpha value is -2.26. The third kappa shape index (κ3) is 2.46. The number of para-hydroxylation sites is 2. The molecule has 2 aliphatic rings. The minimum Gasteiger partial charge on any atom is -0.399 e. The summed E-state index contributed by atoms with van der Waals surface area (Å²) in [5.74, 6) is 0.505. The Morgan fingerprint density at radius 3 is 2.80 bits per heavy atom. The number of aromatic nitrogens is 1. The number of benzene rings is 2. The highest BCUT2D eigenvalue weighted by atomic mass is 15.2. The quantitative estimate of drug-likeness (QED) is 0.673. The Bertz CT molecular complexity index is 911. The van der Waals surface area contributed by atoms with Crippen molar-refractivity contribution >= 4 is 16.6 Å². The zero-order valence-corrected chi connectivity index (χ0v) is 14.5. The summed E-state index contributed by atoms with van der Waals surface area (Å²) in [6, 6.07) is 17.7. The highest BCUT2D eigenvalue weighted by molar-refractivity contribution is 5.86. The van der Waals surface area contributed by atoms with Crippen molar-refractivity contribution in [2.24, 2.45) is 0 Å². The lowest BCUT2D eigenvalue weighted by Crippen LogP contribution is -2.41. The van der Waals surface area contributed by atoms with Crippen LogP contribution in [0, 0.1) is 0 Å². The van der Waals surface area contributed by atoms with Crippen LogP contribution >= 0.6 is 0 Å². The number of anilines is 1. The first-order valence-electron chi connectivity index (χ1n) is 9.49. The first-order chi connectivity index (χ1) is 12.3. The predicted octanol–water partition coefficient (Wildman–Crippen LogP) is 4.62. The molecular formula is C22H25N3. The number of nitrogens with zero attached hydrogens (tertiary/aromatic N) is 1. The smallest absolute Gasteiger partial charge is 0.0501 e. The molecule has 2 atom stereocenters. The second-order valence-electron chi connectivity index (χ2n) is 7.60. The van der Waals surface area contributed by atoms with Crippen molar-refractivity contribution in [2.45, 2.75) is 37.6 Å². The Balaban J connectivity index is 1.63. The van der Waals surface area contributed by atoms with Gasteiger partial charge in [0.1, 0.15) is 0 Å². The molecule has 128 valence electrons. The predicted molar refractivity (Wildman–Crippen MR) is 104 cm³/mol. The van der Waals surface area contributed by atoms with E-state index in [2.05, 4.69) is 46.3 Å². The van der Waals surface area contributed by atoms with Crippen LogP contribution in [0.1, 0.15) is 48.0 Å². The van der Waals surface area contributed by atoms with Crippen molar-refractivity contribution in [3.63, 3.8) is 0 Å². The summed E-state index contributed by atoms with van der Waals surface area (Å²) in [6.45, 7) is 2.37. The van der Waals surface area contributed by atoms with Gasteiger partial charge in [-0.15, -0.1) is 0 Å². The van der Waals surface area contributed by atoms with E-state index in [-0.39, 0.29) is 0 Å². The number of nitrogens with two attached hydrogens (primary N) is 1. The van der Waals surface area contributed by atoms with E-state index in [1.54, 1.807) is 5.56 Å². The van der Waals surface area contributed by atoms with Gasteiger partial charge in [0.15, 0.2) is 0 Å². The van der Waals surface area contributed by atoms with Gasteiger partial charge in [0.25, 0.3) is 0 Å². The highest BCUT2D eigenvalue weighted by Crippen LogP contribution is 2.45. The van der Waals surface area contributed by atoms with Crippen molar-refractivity contribution in [3.8, 4) is 0 Å². The largest absolute Gasteiger partial charge is 0.399 e. The molecule has 2 aromatic carbocycles. The fraction of sp³-hybridized carbons (Fsp3) is 0.364. The number of piperidine rings is 1. The van der Waals surface area contributed by atoms with Crippen molar-refractivity contribution in [1.82, 2.24) is 9.88 Å². The number of aromatic amines is 1. The van der Waals surface area contributed by atoms with E-state index in [0.29, 0.717) is 12.0 Å². The van der Waals surface area contributed by atoms with Crippen molar-refractivity contribution in [3.05, 3.63) is 65.4 Å². The third-order valence-corrected chi connectivity index (χ3v) is 6.11. The van der Waals surface area contributed by atoms with Gasteiger partial charge < -0.3 is 10.7 Å². The lowest BCUT2D eigenvalue weighted by molar-refractivity contribution is 0.122. The average molecular weight is 331 g/mol. The van der Waals surface area contributed by atoms with E-state index in [0.717, 1.165) is 18.7 Å². The molecule has 3 aromatic rings. The van der Waals surface area contributed by atoms with Gasteiger partial charge in [-0.3, -0.25) is 4.90 Å². The van der Waals surface area contributed by atoms with Crippen LogP contribution < -0.4 is 5.73 Å². The molecule has 25 heavy (non-hydrogen) atoms. The van der Waals surface area contributed by atoms with Gasteiger partial charge in [-0.2, -0.15) is 0 Å². The fourth-order valence-electron chi connectivity index (χ4n) is 4.95. The maximum Gasteiger partial charge on any atom is 0.0501 e. The lowest BCUT2D eigenvalue weighted by atomic mass is 9.81. The summed E-state index contributed by atoms with van der Waals surface area (Å²) < 4.78 is 0. The van der Waals surface area contributed by atoms with Gasteiger partial charge in [-0.1, -0.05) is 42.8 Å². The Morgan fingerprint density at radius 2 is 1.88 bits per heavy atom. The van der Waals surface area contributed by atoms with Crippen LogP contribution in [0.4, 0.5) is 5.69 Å². The highest BCUT2D eigenvalue weighted by Gasteiger charge is 2.37. The molecule has 2 unspecified atom stereocenters. The van der Waals surface area contributed by atoms with Crippen LogP contribution in [0.2, 0.25) is 0 Å². The molecule has 3 heteroatoms. The molecule has 0 bridgehead atoms. The van der Waals surface area contributed by atoms with E-state index in [9.17, 15) is 0 Å². The Labute approximate surface area is 148 Å². The lowest BCUT2D eigenvalue weighted by Gasteiger charge is -2.42. The normalized spacial score (nSPS) is 23.4. The van der Waals surface area contributed by atoms with Gasteiger partial charge in [-0.25, -0.2) is 0 Å². The number of nitrogen functional groups attached to an aromatic ring is 1. The molecule has 5 rings (SSSR count). The zero-order chi connectivity index (χ0) is 16.8. The van der Waals surface area contributed by atoms with Gasteiger partial charge in [0, 0.05) is 34.7 Å². The molecule has 0 amide bonds. The maximum absolute atomic E-state index is 6.26. The standard InChI is InChI=1S/C22H25N3/c23-18-9-3-1-7-15(18)13-16-14-25-12-6-5-11-20(25)22-21(16)17-8-2-4-10-19(17)24-22/h1-4,7-10,16,20,24H,5-6,11-14,23H2. The van der Waals surface area contributed by atoms with E-state index >= 15 is 0 Å². The van der Waals surface area contributed by atoms with Gasteiger partial charge >= 0.3 is 0 Å². The maximum atomic E-state index is 6.26. The summed E-state index contributed by atoms with van der Waals surface area (Å²) in [6.07, 6.45) is 4.96. The molecule has 1 saturated heterocycles. The third-order valence-electron chi connectivity index (χ3n) is 6.11. The summed E-state index contributed by atoms with van der Waals surface area (Å²) in [5.41, 5.74) is 12.7. The summed E-state index contributed by atoms with van der Waals surface area (Å²) in [4.78, 5) is 6.47. The molecule has 0 radical (unpaired) electrons. The van der Waals surface area contributed by atoms with Crippen molar-refractivity contribution in [2.75, 3.05) is 18.8 Å². The average Bonchev–Trinajstić information content (AvgIpc) is 3.04. The van der Waals surface area contributed by atoms with E-state index in [1.165, 1.54) is 48.0 Å². The van der Waals surface area contributed by atoms with E-state index < -0.39 is 0 Å². The van der Waals surface area contributed by atoms with Crippen LogP contribution in [-0.4, -0.2) is 23.0 Å². The van der Waals surface area contributed by atoms with Crippen molar-refractivity contribution < 1.29 is 0 Å². The molecule has 1 aromatic heterocycles. The number of H-pyrrole nitrogens is 1. The summed E-state index contributed by atoms with van der Waals surface area (Å²) in [7, 11) is 0. The van der Waals surface area contributed by atoms with Gasteiger partial charge in [0.2, 0.25) is 0 Å². The van der Waals surface area contributed by atoms with E-state index in [1.807, 2.05) is 12.1 Å². The zero-order valence-electron chi connectivity index (χ0n) is 14.5. The molecular weight excluding hydrogens is 306 g/mol. The van der Waals surface area contributed by atoms with Crippen LogP contribution in [0.5, 0.6) is 0 Å². The minimum absolute atomic E-state index is 0.505. The molecule has 0 spiro atoms.